The van der Waals surface area contributed by atoms with Gasteiger partial charge in [-0.05, 0) is 31.0 Å². The Kier molecular flexibility index (Phi) is 6.06. The van der Waals surface area contributed by atoms with E-state index in [4.69, 9.17) is 14.7 Å². The lowest BCUT2D eigenvalue weighted by molar-refractivity contribution is -0.140. The number of hydrogen-bond donors (Lipinski definition) is 1. The van der Waals surface area contributed by atoms with Crippen molar-refractivity contribution < 1.29 is 17.9 Å². The average molecular weight is 543 g/mol. The van der Waals surface area contributed by atoms with Gasteiger partial charge in [0, 0.05) is 73.2 Å². The van der Waals surface area contributed by atoms with Crippen LogP contribution in [0, 0.1) is 0 Å². The molecule has 3 aliphatic rings. The van der Waals surface area contributed by atoms with Crippen LogP contribution in [-0.2, 0) is 17.5 Å². The zero-order valence-electron chi connectivity index (χ0n) is 20.9. The number of anilines is 1. The van der Waals surface area contributed by atoms with Crippen molar-refractivity contribution in [3.63, 3.8) is 0 Å². The Balaban J connectivity index is 1.26. The number of alkyl halides is 3. The molecule has 1 aliphatic carbocycles. The van der Waals surface area contributed by atoms with Gasteiger partial charge in [-0.3, -0.25) is 9.80 Å². The number of thiophene rings is 1. The maximum Gasteiger partial charge on any atom is 0.431 e. The van der Waals surface area contributed by atoms with E-state index in [1.54, 1.807) is 29.5 Å². The van der Waals surface area contributed by atoms with E-state index in [-0.39, 0.29) is 0 Å². The molecule has 0 amide bonds. The number of halogens is 3. The second-order valence-electron chi connectivity index (χ2n) is 10.4. The van der Waals surface area contributed by atoms with E-state index < -0.39 is 11.9 Å². The summed E-state index contributed by atoms with van der Waals surface area (Å²) in [5.74, 6) is 1.28. The lowest BCUT2D eigenvalue weighted by atomic mass is 10.1. The van der Waals surface area contributed by atoms with E-state index in [2.05, 4.69) is 25.8 Å². The van der Waals surface area contributed by atoms with E-state index in [1.165, 1.54) is 17.7 Å². The highest BCUT2D eigenvalue weighted by Gasteiger charge is 2.33. The van der Waals surface area contributed by atoms with E-state index in [0.717, 1.165) is 60.9 Å². The SMILES string of the molecule is FC(F)(F)c1cc2c(-c3nc(N4CCOCC4)c4cc(CN5CCN(C6CC6)CC5)sc4n3)cccc2[nH]1. The monoisotopic (exact) mass is 542 g/mol. The number of hydrogen-bond acceptors (Lipinski definition) is 7. The fourth-order valence-corrected chi connectivity index (χ4v) is 6.68. The summed E-state index contributed by atoms with van der Waals surface area (Å²) >= 11 is 1.66. The van der Waals surface area contributed by atoms with Crippen LogP contribution in [0.25, 0.3) is 32.5 Å². The van der Waals surface area contributed by atoms with Crippen molar-refractivity contribution in [2.45, 2.75) is 31.6 Å². The van der Waals surface area contributed by atoms with E-state index >= 15 is 0 Å². The minimum Gasteiger partial charge on any atom is -0.378 e. The standard InChI is InChI=1S/C27H29F3N6OS/c28-27(29,30)23-15-20-19(2-1-3-22(20)31-23)24-32-25(36-10-12-37-13-11-36)21-14-18(38-26(21)33-24)16-34-6-8-35(9-7-34)17-4-5-17/h1-3,14-15,17,31H,4-13,16H2. The highest BCUT2D eigenvalue weighted by Crippen LogP contribution is 2.38. The average Bonchev–Trinajstić information content (AvgIpc) is 3.53. The number of nitrogens with one attached hydrogen (secondary N) is 1. The van der Waals surface area contributed by atoms with Crippen LogP contribution < -0.4 is 4.90 Å². The molecule has 7 rings (SSSR count). The molecule has 0 unspecified atom stereocenters. The van der Waals surface area contributed by atoms with Crippen molar-refractivity contribution in [1.29, 1.82) is 0 Å². The van der Waals surface area contributed by atoms with Crippen molar-refractivity contribution in [2.75, 3.05) is 57.4 Å². The molecule has 5 heterocycles. The molecule has 1 saturated carbocycles. The summed E-state index contributed by atoms with van der Waals surface area (Å²) in [6.07, 6.45) is -1.77. The molecule has 200 valence electrons. The Morgan fingerprint density at radius 1 is 0.974 bits per heavy atom. The molecule has 3 fully saturated rings. The predicted molar refractivity (Wildman–Crippen MR) is 143 cm³/mol. The molecule has 1 N–H and O–H groups in total. The van der Waals surface area contributed by atoms with Crippen molar-refractivity contribution in [1.82, 2.24) is 24.8 Å². The summed E-state index contributed by atoms with van der Waals surface area (Å²) in [6, 6.07) is 9.38. The Morgan fingerprint density at radius 3 is 2.50 bits per heavy atom. The first-order valence-corrected chi connectivity index (χ1v) is 14.0. The third-order valence-corrected chi connectivity index (χ3v) is 8.81. The Morgan fingerprint density at radius 2 is 1.76 bits per heavy atom. The Hall–Kier alpha value is -2.73. The molecule has 2 aliphatic heterocycles. The zero-order valence-corrected chi connectivity index (χ0v) is 21.7. The second kappa shape index (κ2) is 9.48. The molecule has 7 nitrogen and oxygen atoms in total. The highest BCUT2D eigenvalue weighted by atomic mass is 32.1. The van der Waals surface area contributed by atoms with E-state index in [9.17, 15) is 13.2 Å². The number of aromatic nitrogens is 3. The van der Waals surface area contributed by atoms with Crippen LogP contribution in [-0.4, -0.2) is 83.3 Å². The first kappa shape index (κ1) is 24.3. The molecule has 0 bridgehead atoms. The molecule has 1 aromatic carbocycles. The first-order chi connectivity index (χ1) is 18.4. The van der Waals surface area contributed by atoms with Gasteiger partial charge in [0.2, 0.25) is 0 Å². The molecule has 4 aromatic rings. The molecule has 0 atom stereocenters. The number of piperazine rings is 1. The van der Waals surface area contributed by atoms with Gasteiger partial charge in [-0.1, -0.05) is 12.1 Å². The normalized spacial score (nSPS) is 20.1. The zero-order chi connectivity index (χ0) is 25.9. The number of benzene rings is 1. The molecule has 11 heteroatoms. The third-order valence-electron chi connectivity index (χ3n) is 7.79. The maximum atomic E-state index is 13.4. The third kappa shape index (κ3) is 4.66. The number of fused-ring (bicyclic) bond motifs is 2. The van der Waals surface area contributed by atoms with Gasteiger partial charge in [-0.2, -0.15) is 13.2 Å². The van der Waals surface area contributed by atoms with Crippen molar-refractivity contribution in [3.8, 4) is 11.4 Å². The van der Waals surface area contributed by atoms with Gasteiger partial charge < -0.3 is 14.6 Å². The van der Waals surface area contributed by atoms with E-state index in [1.807, 2.05) is 0 Å². The summed E-state index contributed by atoms with van der Waals surface area (Å²) in [4.78, 5) is 21.8. The molecule has 3 aromatic heterocycles. The van der Waals surface area contributed by atoms with Crippen LogP contribution in [0.4, 0.5) is 19.0 Å². The van der Waals surface area contributed by atoms with Crippen molar-refractivity contribution in [2.24, 2.45) is 0 Å². The Labute approximate surface area is 222 Å². The molecule has 0 spiro atoms. The molecular weight excluding hydrogens is 513 g/mol. The predicted octanol–water partition coefficient (Wildman–Crippen LogP) is 4.98. The van der Waals surface area contributed by atoms with Crippen LogP contribution in [0.3, 0.4) is 0 Å². The maximum absolute atomic E-state index is 13.4. The highest BCUT2D eigenvalue weighted by molar-refractivity contribution is 7.18. The van der Waals surface area contributed by atoms with Crippen LogP contribution in [0.2, 0.25) is 0 Å². The quantitative estimate of drug-likeness (QED) is 0.384. The summed E-state index contributed by atoms with van der Waals surface area (Å²) in [7, 11) is 0. The van der Waals surface area contributed by atoms with Gasteiger partial charge in [-0.25, -0.2) is 9.97 Å². The minimum absolute atomic E-state index is 0.420. The summed E-state index contributed by atoms with van der Waals surface area (Å²) in [5.41, 5.74) is 0.245. The number of rotatable bonds is 5. The van der Waals surface area contributed by atoms with Gasteiger partial charge in [0.15, 0.2) is 5.82 Å². The van der Waals surface area contributed by atoms with Crippen LogP contribution in [0.5, 0.6) is 0 Å². The van der Waals surface area contributed by atoms with Gasteiger partial charge in [0.05, 0.1) is 18.6 Å². The van der Waals surface area contributed by atoms with E-state index in [0.29, 0.717) is 48.6 Å². The second-order valence-corrected chi connectivity index (χ2v) is 11.5. The fourth-order valence-electron chi connectivity index (χ4n) is 5.62. The number of morpholine rings is 1. The molecule has 0 radical (unpaired) electrons. The van der Waals surface area contributed by atoms with Gasteiger partial charge >= 0.3 is 6.18 Å². The number of H-pyrrole nitrogens is 1. The van der Waals surface area contributed by atoms with Crippen LogP contribution in [0.15, 0.2) is 30.3 Å². The van der Waals surface area contributed by atoms with Gasteiger partial charge in [0.25, 0.3) is 0 Å². The lowest BCUT2D eigenvalue weighted by Gasteiger charge is -2.34. The molecule has 38 heavy (non-hydrogen) atoms. The first-order valence-electron chi connectivity index (χ1n) is 13.2. The fraction of sp³-hybridized carbons (Fsp3) is 0.481. The largest absolute Gasteiger partial charge is 0.431 e. The Bertz CT molecular complexity index is 1470. The smallest absolute Gasteiger partial charge is 0.378 e. The minimum atomic E-state index is -4.45. The van der Waals surface area contributed by atoms with Crippen LogP contribution in [0.1, 0.15) is 23.4 Å². The topological polar surface area (TPSA) is 60.5 Å². The molecule has 2 saturated heterocycles. The molecular formula is C27H29F3N6OS. The summed E-state index contributed by atoms with van der Waals surface area (Å²) < 4.78 is 45.9. The van der Waals surface area contributed by atoms with Crippen LogP contribution >= 0.6 is 11.3 Å². The van der Waals surface area contributed by atoms with Crippen molar-refractivity contribution >= 4 is 38.3 Å². The number of aromatic amines is 1. The number of nitrogens with zero attached hydrogens (tertiary/aromatic N) is 5. The van der Waals surface area contributed by atoms with Gasteiger partial charge in [0.1, 0.15) is 16.3 Å². The number of ether oxygens (including phenoxy) is 1. The summed E-state index contributed by atoms with van der Waals surface area (Å²) in [5, 5.41) is 1.47. The van der Waals surface area contributed by atoms with Crippen molar-refractivity contribution in [3.05, 3.63) is 40.9 Å². The lowest BCUT2D eigenvalue weighted by Crippen LogP contribution is -2.46. The summed E-state index contributed by atoms with van der Waals surface area (Å²) in [6.45, 7) is 7.91. The van der Waals surface area contributed by atoms with Gasteiger partial charge in [-0.15, -0.1) is 11.3 Å².